The van der Waals surface area contributed by atoms with Gasteiger partial charge in [-0.05, 0) is 18.6 Å². The highest BCUT2D eigenvalue weighted by Crippen LogP contribution is 1.90. The van der Waals surface area contributed by atoms with E-state index >= 15 is 0 Å². The Labute approximate surface area is 39.0 Å². The Morgan fingerprint density at radius 3 is 2.20 bits per heavy atom. The fraction of sp³-hybridized carbons (Fsp3) is 0.750. The molecular formula is C4H9S. The van der Waals surface area contributed by atoms with Gasteiger partial charge < -0.3 is 0 Å². The van der Waals surface area contributed by atoms with Crippen molar-refractivity contribution in [1.82, 2.24) is 0 Å². The van der Waals surface area contributed by atoms with Gasteiger partial charge in [-0.25, -0.2) is 0 Å². The van der Waals surface area contributed by atoms with E-state index in [1.54, 1.807) is 0 Å². The second-order valence-corrected chi connectivity index (χ2v) is 1.65. The highest BCUT2D eigenvalue weighted by atomic mass is 32.1. The van der Waals surface area contributed by atoms with Gasteiger partial charge in [-0.2, -0.15) is 12.6 Å². The van der Waals surface area contributed by atoms with Gasteiger partial charge in [-0.3, -0.25) is 0 Å². The van der Waals surface area contributed by atoms with E-state index in [1.165, 1.54) is 0 Å². The van der Waals surface area contributed by atoms with Gasteiger partial charge in [0.15, 0.2) is 0 Å². The summed E-state index contributed by atoms with van der Waals surface area (Å²) in [5.74, 6) is 1.39. The van der Waals surface area contributed by atoms with Crippen molar-refractivity contribution in [3.63, 3.8) is 0 Å². The molecule has 0 aromatic carbocycles. The van der Waals surface area contributed by atoms with Crippen molar-refractivity contribution in [2.45, 2.75) is 6.92 Å². The van der Waals surface area contributed by atoms with Crippen LogP contribution in [-0.4, -0.2) is 5.75 Å². The number of hydrogen-bond acceptors (Lipinski definition) is 1. The Balaban J connectivity index is 2.54. The number of hydrogen-bond donors (Lipinski definition) is 1. The predicted molar refractivity (Wildman–Crippen MR) is 28.4 cm³/mol. The van der Waals surface area contributed by atoms with E-state index in [4.69, 9.17) is 0 Å². The van der Waals surface area contributed by atoms with E-state index in [0.717, 1.165) is 5.75 Å². The minimum Gasteiger partial charge on any atom is -0.179 e. The molecule has 1 heteroatoms. The van der Waals surface area contributed by atoms with Gasteiger partial charge in [0.05, 0.1) is 0 Å². The molecule has 0 heterocycles. The van der Waals surface area contributed by atoms with Crippen molar-refractivity contribution in [2.75, 3.05) is 5.75 Å². The maximum Gasteiger partial charge on any atom is -0.00721 e. The molecular weight excluding hydrogens is 80.1 g/mol. The molecule has 0 aliphatic rings. The molecule has 0 saturated carbocycles. The largest absolute Gasteiger partial charge is 0.179 e. The smallest absolute Gasteiger partial charge is 0.00721 e. The van der Waals surface area contributed by atoms with E-state index in [-0.39, 0.29) is 0 Å². The molecule has 0 aliphatic carbocycles. The first-order valence-electron chi connectivity index (χ1n) is 1.71. The summed E-state index contributed by atoms with van der Waals surface area (Å²) in [5, 5.41) is 0. The van der Waals surface area contributed by atoms with Crippen molar-refractivity contribution in [2.24, 2.45) is 5.92 Å². The SMILES string of the molecule is [CH2]C(C)CS. The normalized spacial score (nSPS) is 9.60. The summed E-state index contributed by atoms with van der Waals surface area (Å²) in [4.78, 5) is 0. The van der Waals surface area contributed by atoms with Crippen LogP contribution in [0.5, 0.6) is 0 Å². The third-order valence-electron chi connectivity index (χ3n) is 0.312. The number of thiol groups is 1. The Kier molecular flexibility index (Phi) is 2.76. The van der Waals surface area contributed by atoms with Crippen LogP contribution >= 0.6 is 12.6 Å². The molecule has 0 nitrogen and oxygen atoms in total. The fourth-order valence-corrected chi connectivity index (χ4v) is 0. The molecule has 0 amide bonds. The molecule has 1 unspecified atom stereocenters. The average Bonchev–Trinajstić information content (AvgIpc) is 1.38. The topological polar surface area (TPSA) is 0 Å². The predicted octanol–water partition coefficient (Wildman–Crippen LogP) is 1.39. The van der Waals surface area contributed by atoms with E-state index in [1.807, 2.05) is 6.92 Å². The average molecular weight is 89.2 g/mol. The molecule has 0 spiro atoms. The Morgan fingerprint density at radius 2 is 2.20 bits per heavy atom. The standard InChI is InChI=1S/C4H9S/c1-4(2)3-5/h4-5H,1,3H2,2H3. The second kappa shape index (κ2) is 2.58. The van der Waals surface area contributed by atoms with E-state index < -0.39 is 0 Å². The van der Waals surface area contributed by atoms with Gasteiger partial charge in [0.1, 0.15) is 0 Å². The fourth-order valence-electron chi connectivity index (χ4n) is 0. The summed E-state index contributed by atoms with van der Waals surface area (Å²) in [6, 6.07) is 0. The van der Waals surface area contributed by atoms with Crippen LogP contribution in [0.2, 0.25) is 0 Å². The van der Waals surface area contributed by atoms with Gasteiger partial charge in [0.2, 0.25) is 0 Å². The summed E-state index contributed by atoms with van der Waals surface area (Å²) in [6.07, 6.45) is 0. The third-order valence-corrected chi connectivity index (χ3v) is 0.935. The first kappa shape index (κ1) is 5.35. The minimum absolute atomic E-state index is 0.498. The molecule has 1 radical (unpaired) electrons. The summed E-state index contributed by atoms with van der Waals surface area (Å²) in [7, 11) is 0. The van der Waals surface area contributed by atoms with Gasteiger partial charge >= 0.3 is 0 Å². The van der Waals surface area contributed by atoms with E-state index in [2.05, 4.69) is 19.6 Å². The monoisotopic (exact) mass is 89.0 g/mol. The zero-order chi connectivity index (χ0) is 4.28. The highest BCUT2D eigenvalue weighted by molar-refractivity contribution is 7.80. The van der Waals surface area contributed by atoms with Crippen molar-refractivity contribution in [1.29, 1.82) is 0 Å². The molecule has 0 aliphatic heterocycles. The van der Waals surface area contributed by atoms with Crippen LogP contribution in [0.15, 0.2) is 0 Å². The zero-order valence-electron chi connectivity index (χ0n) is 3.44. The Bertz CT molecular complexity index is 17.6. The van der Waals surface area contributed by atoms with Gasteiger partial charge in [-0.15, -0.1) is 0 Å². The number of rotatable bonds is 1. The lowest BCUT2D eigenvalue weighted by molar-refractivity contribution is 0.846. The summed E-state index contributed by atoms with van der Waals surface area (Å²) >= 11 is 3.95. The molecule has 0 aromatic heterocycles. The third kappa shape index (κ3) is 4.35. The Morgan fingerprint density at radius 1 is 2.00 bits per heavy atom. The van der Waals surface area contributed by atoms with Crippen molar-refractivity contribution in [3.8, 4) is 0 Å². The van der Waals surface area contributed by atoms with Crippen LogP contribution in [0, 0.1) is 12.8 Å². The molecule has 0 bridgehead atoms. The second-order valence-electron chi connectivity index (χ2n) is 1.29. The summed E-state index contributed by atoms with van der Waals surface area (Å²) in [5.41, 5.74) is 0. The lowest BCUT2D eigenvalue weighted by Crippen LogP contribution is -1.84. The van der Waals surface area contributed by atoms with Crippen LogP contribution in [0.4, 0.5) is 0 Å². The van der Waals surface area contributed by atoms with Crippen LogP contribution in [0.1, 0.15) is 6.92 Å². The quantitative estimate of drug-likeness (QED) is 0.461. The van der Waals surface area contributed by atoms with Crippen LogP contribution in [-0.2, 0) is 0 Å². The molecule has 31 valence electrons. The van der Waals surface area contributed by atoms with Crippen LogP contribution < -0.4 is 0 Å². The first-order chi connectivity index (χ1) is 2.27. The van der Waals surface area contributed by atoms with Crippen molar-refractivity contribution < 1.29 is 0 Å². The zero-order valence-corrected chi connectivity index (χ0v) is 4.33. The molecule has 0 aromatic rings. The molecule has 5 heavy (non-hydrogen) atoms. The first-order valence-corrected chi connectivity index (χ1v) is 2.34. The van der Waals surface area contributed by atoms with E-state index in [9.17, 15) is 0 Å². The summed E-state index contributed by atoms with van der Waals surface area (Å²) in [6.45, 7) is 5.72. The van der Waals surface area contributed by atoms with Crippen molar-refractivity contribution >= 4 is 12.6 Å². The maximum atomic E-state index is 3.95. The Hall–Kier alpha value is 0.350. The summed E-state index contributed by atoms with van der Waals surface area (Å²) < 4.78 is 0. The highest BCUT2D eigenvalue weighted by Gasteiger charge is 1.81. The molecule has 0 saturated heterocycles. The van der Waals surface area contributed by atoms with Crippen molar-refractivity contribution in [3.05, 3.63) is 6.92 Å². The van der Waals surface area contributed by atoms with Crippen LogP contribution in [0.3, 0.4) is 0 Å². The van der Waals surface area contributed by atoms with Gasteiger partial charge in [-0.1, -0.05) is 6.92 Å². The van der Waals surface area contributed by atoms with Gasteiger partial charge in [0, 0.05) is 0 Å². The van der Waals surface area contributed by atoms with Gasteiger partial charge in [0.25, 0.3) is 0 Å². The molecule has 0 fully saturated rings. The molecule has 1 atom stereocenters. The van der Waals surface area contributed by atoms with E-state index in [0.29, 0.717) is 5.92 Å². The maximum absolute atomic E-state index is 3.95. The lowest BCUT2D eigenvalue weighted by atomic mass is 10.3. The lowest BCUT2D eigenvalue weighted by Gasteiger charge is -1.89. The van der Waals surface area contributed by atoms with Crippen LogP contribution in [0.25, 0.3) is 0 Å². The minimum atomic E-state index is 0.498. The molecule has 0 N–H and O–H groups in total. The molecule has 0 rings (SSSR count).